The fraction of sp³-hybridized carbons (Fsp3) is 1.00. The zero-order valence-corrected chi connectivity index (χ0v) is 42.8. The molecular formula is C50H112O5. The second-order valence-corrected chi connectivity index (χ2v) is 21.1. The molecule has 0 aliphatic heterocycles. The first-order valence-corrected chi connectivity index (χ1v) is 22.5. The van der Waals surface area contributed by atoms with E-state index in [4.69, 9.17) is 23.7 Å². The van der Waals surface area contributed by atoms with Crippen LogP contribution in [0.2, 0.25) is 0 Å². The second kappa shape index (κ2) is 33.6. The van der Waals surface area contributed by atoms with Crippen LogP contribution in [0.4, 0.5) is 0 Å². The number of hydrogen-bond acceptors (Lipinski definition) is 5. The molecule has 0 saturated heterocycles. The zero-order valence-electron chi connectivity index (χ0n) is 42.8. The molecule has 0 fully saturated rings. The van der Waals surface area contributed by atoms with Gasteiger partial charge in [-0.15, -0.1) is 0 Å². The van der Waals surface area contributed by atoms with Crippen molar-refractivity contribution in [3.63, 3.8) is 0 Å². The van der Waals surface area contributed by atoms with E-state index in [1.807, 2.05) is 0 Å². The summed E-state index contributed by atoms with van der Waals surface area (Å²) < 4.78 is 29.1. The Morgan fingerprint density at radius 3 is 0.600 bits per heavy atom. The van der Waals surface area contributed by atoms with E-state index >= 15 is 0 Å². The second-order valence-electron chi connectivity index (χ2n) is 21.1. The van der Waals surface area contributed by atoms with E-state index in [0.717, 1.165) is 50.9 Å². The third-order valence-electron chi connectivity index (χ3n) is 7.87. The molecule has 3 unspecified atom stereocenters. The monoisotopic (exact) mass is 793 g/mol. The van der Waals surface area contributed by atoms with Crippen LogP contribution in [0.25, 0.3) is 0 Å². The topological polar surface area (TPSA) is 46.2 Å². The summed E-state index contributed by atoms with van der Waals surface area (Å²) in [6.07, 6.45) is 11.1. The molecule has 0 rings (SSSR count). The molecule has 0 bridgehead atoms. The molecule has 0 aliphatic carbocycles. The van der Waals surface area contributed by atoms with Gasteiger partial charge in [0.2, 0.25) is 0 Å². The van der Waals surface area contributed by atoms with Crippen molar-refractivity contribution in [2.45, 2.75) is 311 Å². The van der Waals surface area contributed by atoms with Crippen molar-refractivity contribution in [3.8, 4) is 0 Å². The fourth-order valence-electron chi connectivity index (χ4n) is 5.52. The van der Waals surface area contributed by atoms with Crippen molar-refractivity contribution < 1.29 is 23.7 Å². The summed E-state index contributed by atoms with van der Waals surface area (Å²) in [7, 11) is 0. The summed E-state index contributed by atoms with van der Waals surface area (Å²) in [6, 6.07) is 0. The van der Waals surface area contributed by atoms with Gasteiger partial charge in [-0.2, -0.15) is 0 Å². The van der Waals surface area contributed by atoms with Crippen LogP contribution < -0.4 is 0 Å². The molecule has 5 heteroatoms. The van der Waals surface area contributed by atoms with E-state index < -0.39 is 0 Å². The van der Waals surface area contributed by atoms with Crippen molar-refractivity contribution in [1.29, 1.82) is 0 Å². The van der Waals surface area contributed by atoms with E-state index in [9.17, 15) is 0 Å². The molecule has 55 heavy (non-hydrogen) atoms. The van der Waals surface area contributed by atoms with Crippen molar-refractivity contribution >= 4 is 0 Å². The van der Waals surface area contributed by atoms with Gasteiger partial charge in [-0.25, -0.2) is 0 Å². The largest absolute Gasteiger partial charge is 0.373 e. The van der Waals surface area contributed by atoms with Gasteiger partial charge in [0.05, 0.1) is 58.5 Å². The minimum atomic E-state index is 0. The molecule has 0 aromatic rings. The van der Waals surface area contributed by atoms with Crippen LogP contribution in [-0.2, 0) is 23.7 Å². The number of rotatable bonds is 16. The summed E-state index contributed by atoms with van der Waals surface area (Å²) in [5, 5.41) is 0. The first-order valence-electron chi connectivity index (χ1n) is 22.5. The van der Waals surface area contributed by atoms with Gasteiger partial charge < -0.3 is 23.7 Å². The smallest absolute Gasteiger partial charge is 0.0602 e. The zero-order chi connectivity index (χ0) is 44.3. The minimum Gasteiger partial charge on any atom is -0.373 e. The maximum absolute atomic E-state index is 5.90. The Kier molecular flexibility index (Phi) is 40.7. The molecule has 0 heterocycles. The Bertz CT molecular complexity index is 723. The number of hydrogen-bond donors (Lipinski definition) is 0. The highest BCUT2D eigenvalue weighted by atomic mass is 16.5. The van der Waals surface area contributed by atoms with Crippen LogP contribution in [0.15, 0.2) is 0 Å². The predicted octanol–water partition coefficient (Wildman–Crippen LogP) is 16.7. The molecule has 0 amide bonds. The highest BCUT2D eigenvalue weighted by molar-refractivity contribution is 4.69. The maximum Gasteiger partial charge on any atom is 0.0602 e. The van der Waals surface area contributed by atoms with Crippen LogP contribution in [-0.4, -0.2) is 58.5 Å². The van der Waals surface area contributed by atoms with Crippen LogP contribution in [0, 0.1) is 17.8 Å². The Morgan fingerprint density at radius 2 is 0.509 bits per heavy atom. The quantitative estimate of drug-likeness (QED) is 0.156. The highest BCUT2D eigenvalue weighted by Crippen LogP contribution is 2.21. The molecule has 0 aromatic carbocycles. The van der Waals surface area contributed by atoms with Crippen molar-refractivity contribution in [1.82, 2.24) is 0 Å². The molecule has 342 valence electrons. The van der Waals surface area contributed by atoms with E-state index in [0.29, 0.717) is 42.4 Å². The average molecular weight is 793 g/mol. The highest BCUT2D eigenvalue weighted by Gasteiger charge is 2.21. The molecule has 3 atom stereocenters. The average Bonchev–Trinajstić information content (AvgIpc) is 2.98. The van der Waals surface area contributed by atoms with Gasteiger partial charge in [0.1, 0.15) is 0 Å². The molecule has 0 N–H and O–H groups in total. The minimum absolute atomic E-state index is 0. The SMILES string of the molecule is C.CCC(CC(C)C)OC(C)(C)C.CCC(CC)OC(C)(C)C.CCC(CC)OC(C)(C)C.CCC(OC(C)(C)C)C(C)C.CCC(OC(C)(C)C)C(C)C. The van der Waals surface area contributed by atoms with Crippen LogP contribution in [0.1, 0.15) is 253 Å². The molecule has 0 spiro atoms. The lowest BCUT2D eigenvalue weighted by Crippen LogP contribution is -2.30. The fourth-order valence-corrected chi connectivity index (χ4v) is 5.52. The summed E-state index contributed by atoms with van der Waals surface area (Å²) in [5.41, 5.74) is 0.0683. The first kappa shape index (κ1) is 66.6. The van der Waals surface area contributed by atoms with E-state index in [1.54, 1.807) is 0 Å². The van der Waals surface area contributed by atoms with Crippen molar-refractivity contribution in [3.05, 3.63) is 0 Å². The Labute approximate surface area is 351 Å². The Hall–Kier alpha value is -0.200. The molecule has 5 nitrogen and oxygen atoms in total. The van der Waals surface area contributed by atoms with Crippen LogP contribution in [0.3, 0.4) is 0 Å². The van der Waals surface area contributed by atoms with Gasteiger partial charge in [0.15, 0.2) is 0 Å². The summed E-state index contributed by atoms with van der Waals surface area (Å²) in [6.45, 7) is 60.2. The first-order chi connectivity index (χ1) is 24.1. The Balaban J connectivity index is -0.000000136. The number of ether oxygens (including phenoxy) is 5. The van der Waals surface area contributed by atoms with Crippen molar-refractivity contribution in [2.75, 3.05) is 0 Å². The standard InChI is InChI=1S/C11H24O.2C10H22O.2C9H20O.CH4/c1-7-10(8-9(2)3)12-11(4,5)6;2*1-7-9(8(2)3)11-10(4,5)6;2*1-6-8(7-2)10-9(3,4)5;/h9-10H,7-8H2,1-6H3;2*8-9H,7H2,1-6H3;2*8H,6-7H2,1-5H3;1H4. The molecular weight excluding hydrogens is 681 g/mol. The van der Waals surface area contributed by atoms with Gasteiger partial charge >= 0.3 is 0 Å². The normalized spacial score (nSPS) is 14.1. The predicted molar refractivity (Wildman–Crippen MR) is 251 cm³/mol. The summed E-state index contributed by atoms with van der Waals surface area (Å²) in [5.74, 6) is 1.98. The lowest BCUT2D eigenvalue weighted by atomic mass is 10.0. The van der Waals surface area contributed by atoms with Crippen molar-refractivity contribution in [2.24, 2.45) is 17.8 Å². The lowest BCUT2D eigenvalue weighted by molar-refractivity contribution is -0.0804. The molecule has 0 saturated carbocycles. The van der Waals surface area contributed by atoms with Gasteiger partial charge in [-0.3, -0.25) is 0 Å². The summed E-state index contributed by atoms with van der Waals surface area (Å²) >= 11 is 0. The molecule has 0 aromatic heterocycles. The van der Waals surface area contributed by atoms with Gasteiger partial charge in [-0.1, -0.05) is 97.4 Å². The van der Waals surface area contributed by atoms with E-state index in [-0.39, 0.29) is 35.4 Å². The lowest BCUT2D eigenvalue weighted by Gasteiger charge is -2.29. The Morgan fingerprint density at radius 1 is 0.309 bits per heavy atom. The third-order valence-corrected chi connectivity index (χ3v) is 7.87. The van der Waals surface area contributed by atoms with Gasteiger partial charge in [0, 0.05) is 0 Å². The van der Waals surface area contributed by atoms with Gasteiger partial charge in [0.25, 0.3) is 0 Å². The van der Waals surface area contributed by atoms with Crippen LogP contribution >= 0.6 is 0 Å². The maximum atomic E-state index is 5.90. The van der Waals surface area contributed by atoms with E-state index in [2.05, 4.69) is 194 Å². The van der Waals surface area contributed by atoms with Crippen LogP contribution in [0.5, 0.6) is 0 Å². The summed E-state index contributed by atoms with van der Waals surface area (Å²) in [4.78, 5) is 0. The van der Waals surface area contributed by atoms with Gasteiger partial charge in [-0.05, 0) is 173 Å². The molecule has 0 radical (unpaired) electrons. The third kappa shape index (κ3) is 55.9. The molecule has 0 aliphatic rings. The van der Waals surface area contributed by atoms with E-state index in [1.165, 1.54) is 6.42 Å².